The van der Waals surface area contributed by atoms with Gasteiger partial charge in [0, 0.05) is 23.1 Å². The summed E-state index contributed by atoms with van der Waals surface area (Å²) in [5, 5.41) is 11.6. The predicted octanol–water partition coefficient (Wildman–Crippen LogP) is 4.61. The molecule has 4 nitrogen and oxygen atoms in total. The molecule has 0 aliphatic carbocycles. The van der Waals surface area contributed by atoms with Crippen molar-refractivity contribution in [3.63, 3.8) is 0 Å². The largest absolute Gasteiger partial charge is 0.388 e. The summed E-state index contributed by atoms with van der Waals surface area (Å²) in [4.78, 5) is 0.211. The summed E-state index contributed by atoms with van der Waals surface area (Å²) >= 11 is 0. The minimum absolute atomic E-state index is 0.211. The Morgan fingerprint density at radius 3 is 2.33 bits per heavy atom. The zero-order valence-corrected chi connectivity index (χ0v) is 15.9. The van der Waals surface area contributed by atoms with E-state index in [9.17, 15) is 13.5 Å². The number of fused-ring (bicyclic) bond motifs is 1. The van der Waals surface area contributed by atoms with Crippen LogP contribution in [0.15, 0.2) is 84.8 Å². The molecule has 27 heavy (non-hydrogen) atoms. The van der Waals surface area contributed by atoms with Gasteiger partial charge in [-0.2, -0.15) is 0 Å². The fourth-order valence-corrected chi connectivity index (χ4v) is 4.98. The monoisotopic (exact) mass is 381 g/mol. The van der Waals surface area contributed by atoms with E-state index in [1.165, 1.54) is 3.97 Å². The second-order valence-corrected chi connectivity index (χ2v) is 8.12. The van der Waals surface area contributed by atoms with Gasteiger partial charge in [-0.1, -0.05) is 48.6 Å². The van der Waals surface area contributed by atoms with Crippen LogP contribution in [-0.4, -0.2) is 17.5 Å². The standard InChI is InChI=1S/C22H23NO3S/c1-3-5-16-21(24)22-18-14-9-10-15-19(18)23(20(22)11-4-2)27(25,26)17-12-7-6-8-13-17/h3-4,6-10,12-15,21,24H,1-2,5,11,16H2. The summed E-state index contributed by atoms with van der Waals surface area (Å²) < 4.78 is 28.2. The maximum atomic E-state index is 13.4. The first-order chi connectivity index (χ1) is 13.0. The van der Waals surface area contributed by atoms with Crippen LogP contribution >= 0.6 is 0 Å². The molecule has 1 aromatic heterocycles. The molecule has 1 atom stereocenters. The smallest absolute Gasteiger partial charge is 0.268 e. The van der Waals surface area contributed by atoms with Crippen LogP contribution in [0, 0.1) is 0 Å². The minimum Gasteiger partial charge on any atom is -0.388 e. The molecule has 5 heteroatoms. The van der Waals surface area contributed by atoms with Gasteiger partial charge in [0.25, 0.3) is 10.0 Å². The third-order valence-electron chi connectivity index (χ3n) is 4.57. The average molecular weight is 381 g/mol. The molecule has 2 aromatic carbocycles. The number of allylic oxidation sites excluding steroid dienone is 2. The van der Waals surface area contributed by atoms with E-state index in [1.54, 1.807) is 54.6 Å². The molecule has 0 radical (unpaired) electrons. The zero-order valence-electron chi connectivity index (χ0n) is 15.1. The lowest BCUT2D eigenvalue weighted by Gasteiger charge is -2.14. The van der Waals surface area contributed by atoms with Crippen LogP contribution in [-0.2, 0) is 16.4 Å². The molecule has 0 spiro atoms. The van der Waals surface area contributed by atoms with Crippen molar-refractivity contribution >= 4 is 20.9 Å². The second-order valence-electron chi connectivity index (χ2n) is 6.33. The molecule has 0 aliphatic rings. The van der Waals surface area contributed by atoms with E-state index in [4.69, 9.17) is 0 Å². The third-order valence-corrected chi connectivity index (χ3v) is 6.33. The molecule has 1 N–H and O–H groups in total. The van der Waals surface area contributed by atoms with Crippen molar-refractivity contribution in [3.8, 4) is 0 Å². The molecule has 0 saturated carbocycles. The van der Waals surface area contributed by atoms with Gasteiger partial charge in [-0.3, -0.25) is 0 Å². The number of rotatable bonds is 8. The van der Waals surface area contributed by atoms with E-state index in [2.05, 4.69) is 13.2 Å². The van der Waals surface area contributed by atoms with Crippen LogP contribution < -0.4 is 0 Å². The number of aromatic nitrogens is 1. The van der Waals surface area contributed by atoms with Gasteiger partial charge in [-0.15, -0.1) is 13.2 Å². The Kier molecular flexibility index (Phi) is 5.63. The zero-order chi connectivity index (χ0) is 19.4. The van der Waals surface area contributed by atoms with Crippen molar-refractivity contribution in [2.24, 2.45) is 0 Å². The van der Waals surface area contributed by atoms with Gasteiger partial charge in [0.15, 0.2) is 0 Å². The summed E-state index contributed by atoms with van der Waals surface area (Å²) in [7, 11) is -3.81. The number of benzene rings is 2. The fraction of sp³-hybridized carbons (Fsp3) is 0.182. The number of aliphatic hydroxyl groups is 1. The van der Waals surface area contributed by atoms with Crippen molar-refractivity contribution in [1.29, 1.82) is 0 Å². The Morgan fingerprint density at radius 2 is 1.67 bits per heavy atom. The highest BCUT2D eigenvalue weighted by molar-refractivity contribution is 7.90. The van der Waals surface area contributed by atoms with Crippen LogP contribution in [0.3, 0.4) is 0 Å². The molecule has 1 unspecified atom stereocenters. The van der Waals surface area contributed by atoms with Gasteiger partial charge in [-0.25, -0.2) is 12.4 Å². The molecule has 140 valence electrons. The predicted molar refractivity (Wildman–Crippen MR) is 109 cm³/mol. The molecule has 3 rings (SSSR count). The molecular weight excluding hydrogens is 358 g/mol. The maximum Gasteiger partial charge on any atom is 0.268 e. The molecule has 1 heterocycles. The molecular formula is C22H23NO3S. The Morgan fingerprint density at radius 1 is 1.00 bits per heavy atom. The minimum atomic E-state index is -3.81. The van der Waals surface area contributed by atoms with Gasteiger partial charge in [0.2, 0.25) is 0 Å². The Hall–Kier alpha value is -2.63. The maximum absolute atomic E-state index is 13.4. The third kappa shape index (κ3) is 3.48. The summed E-state index contributed by atoms with van der Waals surface area (Å²) in [5.41, 5.74) is 1.75. The SMILES string of the molecule is C=CCCC(O)c1c(CC=C)n(S(=O)(=O)c2ccccc2)c2ccccc12. The fourth-order valence-electron chi connectivity index (χ4n) is 3.38. The highest BCUT2D eigenvalue weighted by Gasteiger charge is 2.28. The number of aliphatic hydroxyl groups excluding tert-OH is 1. The highest BCUT2D eigenvalue weighted by Crippen LogP contribution is 2.36. The summed E-state index contributed by atoms with van der Waals surface area (Å²) in [5.74, 6) is 0. The van der Waals surface area contributed by atoms with Gasteiger partial charge in [0.05, 0.1) is 16.5 Å². The Balaban J connectivity index is 2.34. The first kappa shape index (κ1) is 19.1. The molecule has 3 aromatic rings. The van der Waals surface area contributed by atoms with E-state index in [-0.39, 0.29) is 4.90 Å². The van der Waals surface area contributed by atoms with E-state index in [0.717, 1.165) is 5.39 Å². The van der Waals surface area contributed by atoms with Crippen LogP contribution in [0.5, 0.6) is 0 Å². The van der Waals surface area contributed by atoms with Gasteiger partial charge in [0.1, 0.15) is 0 Å². The second kappa shape index (κ2) is 7.94. The summed E-state index contributed by atoms with van der Waals surface area (Å²) in [6.07, 6.45) is 4.08. The number of para-hydroxylation sites is 1. The van der Waals surface area contributed by atoms with Crippen LogP contribution in [0.4, 0.5) is 0 Å². The Labute approximate surface area is 160 Å². The van der Waals surface area contributed by atoms with E-state index in [0.29, 0.717) is 36.0 Å². The lowest BCUT2D eigenvalue weighted by atomic mass is 10.00. The molecule has 0 saturated heterocycles. The van der Waals surface area contributed by atoms with Crippen molar-refractivity contribution in [2.45, 2.75) is 30.3 Å². The van der Waals surface area contributed by atoms with Gasteiger partial charge >= 0.3 is 0 Å². The Bertz CT molecular complexity index is 1070. The quantitative estimate of drug-likeness (QED) is 0.580. The lowest BCUT2D eigenvalue weighted by molar-refractivity contribution is 0.169. The normalized spacial score (nSPS) is 12.8. The van der Waals surface area contributed by atoms with E-state index >= 15 is 0 Å². The molecule has 0 fully saturated rings. The van der Waals surface area contributed by atoms with Crippen LogP contribution in [0.25, 0.3) is 10.9 Å². The van der Waals surface area contributed by atoms with E-state index in [1.807, 2.05) is 12.1 Å². The molecule has 0 amide bonds. The van der Waals surface area contributed by atoms with E-state index < -0.39 is 16.1 Å². The number of hydrogen-bond acceptors (Lipinski definition) is 3. The van der Waals surface area contributed by atoms with Crippen molar-refractivity contribution in [2.75, 3.05) is 0 Å². The average Bonchev–Trinajstić information content (AvgIpc) is 3.01. The number of hydrogen-bond donors (Lipinski definition) is 1. The molecule has 0 bridgehead atoms. The molecule has 0 aliphatic heterocycles. The van der Waals surface area contributed by atoms with Crippen LogP contribution in [0.1, 0.15) is 30.2 Å². The lowest BCUT2D eigenvalue weighted by Crippen LogP contribution is -2.16. The summed E-state index contributed by atoms with van der Waals surface area (Å²) in [6, 6.07) is 15.6. The highest BCUT2D eigenvalue weighted by atomic mass is 32.2. The van der Waals surface area contributed by atoms with Crippen molar-refractivity contribution in [1.82, 2.24) is 3.97 Å². The van der Waals surface area contributed by atoms with Crippen molar-refractivity contribution < 1.29 is 13.5 Å². The van der Waals surface area contributed by atoms with Gasteiger partial charge in [-0.05, 0) is 31.0 Å². The first-order valence-electron chi connectivity index (χ1n) is 8.85. The van der Waals surface area contributed by atoms with Crippen molar-refractivity contribution in [3.05, 3.63) is 91.2 Å². The topological polar surface area (TPSA) is 59.3 Å². The van der Waals surface area contributed by atoms with Crippen LogP contribution in [0.2, 0.25) is 0 Å². The summed E-state index contributed by atoms with van der Waals surface area (Å²) in [6.45, 7) is 7.48. The van der Waals surface area contributed by atoms with Gasteiger partial charge < -0.3 is 5.11 Å². The first-order valence-corrected chi connectivity index (χ1v) is 10.3. The number of nitrogens with zero attached hydrogens (tertiary/aromatic N) is 1.